The number of carbonyl (C=O) groups excluding carboxylic acids is 1. The third-order valence-corrected chi connectivity index (χ3v) is 2.75. The monoisotopic (exact) mass is 269 g/mol. The summed E-state index contributed by atoms with van der Waals surface area (Å²) >= 11 is 0. The summed E-state index contributed by atoms with van der Waals surface area (Å²) in [5, 5.41) is 12.4. The number of carboxylic acid groups (broad SMARTS) is 1. The molecule has 7 nitrogen and oxygen atoms in total. The largest absolute Gasteiger partial charge is 0.481 e. The normalized spacial score (nSPS) is 12.2. The molecule has 19 heavy (non-hydrogen) atoms. The van der Waals surface area contributed by atoms with E-state index in [0.29, 0.717) is 31.0 Å². The van der Waals surface area contributed by atoms with Crippen LogP contribution in [0.25, 0.3) is 0 Å². The van der Waals surface area contributed by atoms with Gasteiger partial charge in [-0.15, -0.1) is 0 Å². The molecule has 0 fully saturated rings. The van der Waals surface area contributed by atoms with E-state index in [1.807, 2.05) is 0 Å². The molecule has 0 aliphatic heterocycles. The van der Waals surface area contributed by atoms with Gasteiger partial charge in [0.15, 0.2) is 5.82 Å². The smallest absolute Gasteiger partial charge is 0.308 e. The van der Waals surface area contributed by atoms with Crippen LogP contribution in [0.4, 0.5) is 0 Å². The van der Waals surface area contributed by atoms with Crippen molar-refractivity contribution in [1.29, 1.82) is 0 Å². The van der Waals surface area contributed by atoms with Crippen LogP contribution in [0.2, 0.25) is 0 Å². The van der Waals surface area contributed by atoms with Crippen molar-refractivity contribution in [3.63, 3.8) is 0 Å². The summed E-state index contributed by atoms with van der Waals surface area (Å²) in [7, 11) is 1.61. The first kappa shape index (κ1) is 15.1. The van der Waals surface area contributed by atoms with Crippen LogP contribution in [0.3, 0.4) is 0 Å². The number of carbonyl (C=O) groups is 2. The quantitative estimate of drug-likeness (QED) is 0.789. The molecule has 1 heterocycles. The highest BCUT2D eigenvalue weighted by atomic mass is 16.5. The van der Waals surface area contributed by atoms with E-state index in [9.17, 15) is 9.59 Å². The molecule has 1 amide bonds. The maximum Gasteiger partial charge on any atom is 0.308 e. The Morgan fingerprint density at radius 2 is 2.16 bits per heavy atom. The van der Waals surface area contributed by atoms with Gasteiger partial charge in [0.25, 0.3) is 0 Å². The van der Waals surface area contributed by atoms with Crippen molar-refractivity contribution in [2.75, 3.05) is 13.6 Å². The van der Waals surface area contributed by atoms with E-state index >= 15 is 0 Å². The number of aromatic nitrogens is 2. The zero-order chi connectivity index (χ0) is 14.4. The van der Waals surface area contributed by atoms with E-state index in [0.717, 1.165) is 0 Å². The van der Waals surface area contributed by atoms with E-state index in [-0.39, 0.29) is 12.5 Å². The number of nitrogens with zero attached hydrogens (tertiary/aromatic N) is 3. The molecule has 7 heteroatoms. The Hall–Kier alpha value is -1.92. The first-order valence-corrected chi connectivity index (χ1v) is 6.16. The molecule has 1 rings (SSSR count). The van der Waals surface area contributed by atoms with Gasteiger partial charge in [-0.25, -0.2) is 0 Å². The Labute approximate surface area is 111 Å². The first-order chi connectivity index (χ1) is 8.90. The topological polar surface area (TPSA) is 96.5 Å². The maximum absolute atomic E-state index is 11.8. The Bertz CT molecular complexity index is 444. The third kappa shape index (κ3) is 5.07. The lowest BCUT2D eigenvalue weighted by molar-refractivity contribution is -0.142. The number of hydrogen-bond acceptors (Lipinski definition) is 5. The average molecular weight is 269 g/mol. The number of aliphatic carboxylic acids is 1. The summed E-state index contributed by atoms with van der Waals surface area (Å²) in [6.07, 6.45) is 1.49. The van der Waals surface area contributed by atoms with Crippen LogP contribution in [0.15, 0.2) is 4.52 Å². The van der Waals surface area contributed by atoms with E-state index in [1.165, 1.54) is 4.90 Å². The minimum absolute atomic E-state index is 0.0793. The number of amides is 1. The highest BCUT2D eigenvalue weighted by Crippen LogP contribution is 2.06. The molecule has 1 N–H and O–H groups in total. The lowest BCUT2D eigenvalue weighted by Crippen LogP contribution is -2.33. The van der Waals surface area contributed by atoms with Crippen molar-refractivity contribution < 1.29 is 19.2 Å². The molecule has 0 aliphatic rings. The molecule has 0 radical (unpaired) electrons. The minimum Gasteiger partial charge on any atom is -0.481 e. The van der Waals surface area contributed by atoms with E-state index in [1.54, 1.807) is 20.9 Å². The SMILES string of the molecule is Cc1noc(CCCC(=O)N(C)CC(C)C(=O)O)n1. The second-order valence-electron chi connectivity index (χ2n) is 4.60. The van der Waals surface area contributed by atoms with Crippen LogP contribution in [-0.2, 0) is 16.0 Å². The number of carboxylic acids is 1. The lowest BCUT2D eigenvalue weighted by Gasteiger charge is -2.19. The van der Waals surface area contributed by atoms with Crippen molar-refractivity contribution in [3.8, 4) is 0 Å². The molecule has 1 atom stereocenters. The molecule has 0 spiro atoms. The van der Waals surface area contributed by atoms with Gasteiger partial charge >= 0.3 is 5.97 Å². The van der Waals surface area contributed by atoms with Crippen LogP contribution in [0, 0.1) is 12.8 Å². The Morgan fingerprint density at radius 3 is 2.68 bits per heavy atom. The first-order valence-electron chi connectivity index (χ1n) is 6.16. The summed E-state index contributed by atoms with van der Waals surface area (Å²) < 4.78 is 4.94. The molecule has 0 saturated heterocycles. The molecule has 106 valence electrons. The van der Waals surface area contributed by atoms with Crippen molar-refractivity contribution >= 4 is 11.9 Å². The van der Waals surface area contributed by atoms with Crippen LogP contribution in [0.1, 0.15) is 31.5 Å². The molecular formula is C12H19N3O4. The van der Waals surface area contributed by atoms with Crippen molar-refractivity contribution in [1.82, 2.24) is 15.0 Å². The van der Waals surface area contributed by atoms with Gasteiger partial charge in [0.05, 0.1) is 5.92 Å². The third-order valence-electron chi connectivity index (χ3n) is 2.75. The summed E-state index contributed by atoms with van der Waals surface area (Å²) in [6, 6.07) is 0. The molecule has 1 aromatic heterocycles. The van der Waals surface area contributed by atoms with E-state index in [2.05, 4.69) is 10.1 Å². The van der Waals surface area contributed by atoms with Crippen LogP contribution < -0.4 is 0 Å². The molecule has 1 aromatic rings. The zero-order valence-electron chi connectivity index (χ0n) is 11.4. The lowest BCUT2D eigenvalue weighted by atomic mass is 10.1. The Kier molecular flexibility index (Phi) is 5.47. The van der Waals surface area contributed by atoms with Crippen molar-refractivity contribution in [2.45, 2.75) is 33.1 Å². The van der Waals surface area contributed by atoms with Gasteiger partial charge in [0, 0.05) is 26.4 Å². The van der Waals surface area contributed by atoms with E-state index < -0.39 is 11.9 Å². The van der Waals surface area contributed by atoms with Crippen molar-refractivity contribution in [2.24, 2.45) is 5.92 Å². The van der Waals surface area contributed by atoms with Crippen LogP contribution >= 0.6 is 0 Å². The van der Waals surface area contributed by atoms with Gasteiger partial charge in [-0.05, 0) is 13.3 Å². The zero-order valence-corrected chi connectivity index (χ0v) is 11.4. The minimum atomic E-state index is -0.902. The van der Waals surface area contributed by atoms with Crippen LogP contribution in [0.5, 0.6) is 0 Å². The van der Waals surface area contributed by atoms with Gasteiger partial charge in [0.2, 0.25) is 11.8 Å². The highest BCUT2D eigenvalue weighted by Gasteiger charge is 2.17. The summed E-state index contributed by atoms with van der Waals surface area (Å²) in [4.78, 5) is 27.9. The highest BCUT2D eigenvalue weighted by molar-refractivity contribution is 5.77. The van der Waals surface area contributed by atoms with Gasteiger partial charge in [0.1, 0.15) is 0 Å². The fraction of sp³-hybridized carbons (Fsp3) is 0.667. The fourth-order valence-electron chi connectivity index (χ4n) is 1.61. The predicted molar refractivity (Wildman–Crippen MR) is 66.4 cm³/mol. The van der Waals surface area contributed by atoms with Gasteiger partial charge in [-0.2, -0.15) is 4.98 Å². The van der Waals surface area contributed by atoms with Crippen molar-refractivity contribution in [3.05, 3.63) is 11.7 Å². The van der Waals surface area contributed by atoms with Gasteiger partial charge < -0.3 is 14.5 Å². The van der Waals surface area contributed by atoms with Crippen LogP contribution in [-0.4, -0.2) is 45.6 Å². The summed E-state index contributed by atoms with van der Waals surface area (Å²) in [5.41, 5.74) is 0. The molecule has 0 aliphatic carbocycles. The molecular weight excluding hydrogens is 250 g/mol. The Balaban J connectivity index is 2.28. The second-order valence-corrected chi connectivity index (χ2v) is 4.60. The average Bonchev–Trinajstić information content (AvgIpc) is 2.74. The summed E-state index contributed by atoms with van der Waals surface area (Å²) in [5.74, 6) is -0.446. The fourth-order valence-corrected chi connectivity index (χ4v) is 1.61. The maximum atomic E-state index is 11.8. The standard InChI is InChI=1S/C12H19N3O4/c1-8(12(17)18)7-15(3)11(16)6-4-5-10-13-9(2)14-19-10/h8H,4-7H2,1-3H3,(H,17,18). The number of rotatable bonds is 7. The summed E-state index contributed by atoms with van der Waals surface area (Å²) in [6.45, 7) is 3.53. The van der Waals surface area contributed by atoms with Gasteiger partial charge in [-0.1, -0.05) is 12.1 Å². The Morgan fingerprint density at radius 1 is 1.47 bits per heavy atom. The van der Waals surface area contributed by atoms with E-state index in [4.69, 9.17) is 9.63 Å². The predicted octanol–water partition coefficient (Wildman–Crippen LogP) is 0.880. The molecule has 0 saturated carbocycles. The molecule has 0 aromatic carbocycles. The second kappa shape index (κ2) is 6.86. The van der Waals surface area contributed by atoms with Gasteiger partial charge in [-0.3, -0.25) is 9.59 Å². The number of hydrogen-bond donors (Lipinski definition) is 1. The number of aryl methyl sites for hydroxylation is 2. The molecule has 0 bridgehead atoms. The molecule has 1 unspecified atom stereocenters.